The summed E-state index contributed by atoms with van der Waals surface area (Å²) >= 11 is 4.98. The van der Waals surface area contributed by atoms with Gasteiger partial charge < -0.3 is 5.73 Å². The number of alkyl halides is 3. The number of nitrogens with two attached hydrogens (primary N) is 1. The minimum atomic E-state index is -4.49. The van der Waals surface area contributed by atoms with Gasteiger partial charge in [-0.3, -0.25) is 0 Å². The van der Waals surface area contributed by atoms with Crippen molar-refractivity contribution in [2.24, 2.45) is 5.73 Å². The number of aryl methyl sites for hydroxylation is 2. The lowest BCUT2D eigenvalue weighted by atomic mass is 10.1. The molecule has 2 N–H and O–H groups in total. The summed E-state index contributed by atoms with van der Waals surface area (Å²) < 4.78 is 39.0. The quantitative estimate of drug-likeness (QED) is 0.865. The monoisotopic (exact) mass is 312 g/mol. The molecule has 4 nitrogen and oxygen atoms in total. The summed E-state index contributed by atoms with van der Waals surface area (Å²) in [6.07, 6.45) is -0.631. The third-order valence-electron chi connectivity index (χ3n) is 3.39. The summed E-state index contributed by atoms with van der Waals surface area (Å²) in [6.45, 7) is 0. The lowest BCUT2D eigenvalue weighted by molar-refractivity contribution is -0.141. The average Bonchev–Trinajstić information content (AvgIpc) is 3.05. The first-order valence-corrected chi connectivity index (χ1v) is 6.73. The topological polar surface area (TPSA) is 56.7 Å². The first-order valence-electron chi connectivity index (χ1n) is 6.32. The van der Waals surface area contributed by atoms with Gasteiger partial charge in [0.2, 0.25) is 0 Å². The first kappa shape index (κ1) is 14.0. The van der Waals surface area contributed by atoms with Crippen LogP contribution in [0.1, 0.15) is 28.9 Å². The Morgan fingerprint density at radius 3 is 2.71 bits per heavy atom. The van der Waals surface area contributed by atoms with E-state index in [-0.39, 0.29) is 10.8 Å². The Labute approximate surface area is 123 Å². The molecule has 0 saturated carbocycles. The minimum absolute atomic E-state index is 0.0938. The predicted octanol–water partition coefficient (Wildman–Crippen LogP) is 2.41. The molecule has 0 bridgehead atoms. The van der Waals surface area contributed by atoms with Gasteiger partial charge in [0.1, 0.15) is 4.99 Å². The minimum Gasteiger partial charge on any atom is -0.389 e. The second-order valence-electron chi connectivity index (χ2n) is 4.83. The third kappa shape index (κ3) is 2.51. The van der Waals surface area contributed by atoms with Gasteiger partial charge in [-0.25, -0.2) is 9.67 Å². The van der Waals surface area contributed by atoms with E-state index in [0.717, 1.165) is 41.3 Å². The highest BCUT2D eigenvalue weighted by Crippen LogP contribution is 2.29. The van der Waals surface area contributed by atoms with Crippen LogP contribution in [0.3, 0.4) is 0 Å². The summed E-state index contributed by atoms with van der Waals surface area (Å²) in [5.41, 5.74) is 7.06. The molecule has 0 amide bonds. The van der Waals surface area contributed by atoms with Crippen molar-refractivity contribution in [3.8, 4) is 5.82 Å². The highest BCUT2D eigenvalue weighted by Gasteiger charge is 2.34. The Kier molecular flexibility index (Phi) is 3.20. The van der Waals surface area contributed by atoms with E-state index in [1.165, 1.54) is 6.20 Å². The Bertz CT molecular complexity index is 721. The Balaban J connectivity index is 2.13. The van der Waals surface area contributed by atoms with Gasteiger partial charge in [-0.05, 0) is 37.0 Å². The van der Waals surface area contributed by atoms with Gasteiger partial charge in [0.05, 0.1) is 5.56 Å². The summed E-state index contributed by atoms with van der Waals surface area (Å²) in [6, 6.07) is 2.71. The molecule has 3 rings (SSSR count). The smallest absolute Gasteiger partial charge is 0.389 e. The van der Waals surface area contributed by atoms with E-state index in [9.17, 15) is 13.2 Å². The van der Waals surface area contributed by atoms with Crippen molar-refractivity contribution in [3.05, 3.63) is 40.8 Å². The van der Waals surface area contributed by atoms with Gasteiger partial charge in [-0.15, -0.1) is 0 Å². The van der Waals surface area contributed by atoms with Crippen molar-refractivity contribution in [1.82, 2.24) is 14.8 Å². The number of rotatable bonds is 2. The van der Waals surface area contributed by atoms with E-state index in [2.05, 4.69) is 10.1 Å². The normalized spacial score (nSPS) is 14.2. The van der Waals surface area contributed by atoms with E-state index in [4.69, 9.17) is 18.0 Å². The number of halogens is 3. The Morgan fingerprint density at radius 1 is 1.33 bits per heavy atom. The molecule has 2 aromatic heterocycles. The van der Waals surface area contributed by atoms with Crippen molar-refractivity contribution >= 4 is 17.2 Å². The van der Waals surface area contributed by atoms with Gasteiger partial charge >= 0.3 is 6.18 Å². The van der Waals surface area contributed by atoms with E-state index in [1.807, 2.05) is 6.07 Å². The maximum absolute atomic E-state index is 12.6. The fraction of sp³-hybridized carbons (Fsp3) is 0.308. The molecule has 2 aromatic rings. The van der Waals surface area contributed by atoms with Crippen LogP contribution in [0.15, 0.2) is 18.3 Å². The van der Waals surface area contributed by atoms with Crippen LogP contribution in [0.2, 0.25) is 0 Å². The van der Waals surface area contributed by atoms with Crippen LogP contribution in [0.25, 0.3) is 5.82 Å². The standard InChI is InChI=1S/C13H11F3N4S/c14-13(15,16)10-4-5-20(19-10)12-8(11(17)21)6-7-2-1-3-9(7)18-12/h4-6H,1-3H2,(H2,17,21). The van der Waals surface area contributed by atoms with E-state index < -0.39 is 11.9 Å². The van der Waals surface area contributed by atoms with Crippen LogP contribution in [-0.4, -0.2) is 19.8 Å². The maximum atomic E-state index is 12.6. The summed E-state index contributed by atoms with van der Waals surface area (Å²) in [4.78, 5) is 4.50. The molecular formula is C13H11F3N4S. The molecule has 0 unspecified atom stereocenters. The van der Waals surface area contributed by atoms with Crippen molar-refractivity contribution in [2.45, 2.75) is 25.4 Å². The van der Waals surface area contributed by atoms with E-state index in [1.54, 1.807) is 0 Å². The molecule has 1 aliphatic carbocycles. The predicted molar refractivity (Wildman–Crippen MR) is 74.3 cm³/mol. The first-order chi connectivity index (χ1) is 9.86. The summed E-state index contributed by atoms with van der Waals surface area (Å²) in [5.74, 6) is 0.249. The Morgan fingerprint density at radius 2 is 2.10 bits per heavy atom. The zero-order chi connectivity index (χ0) is 15.2. The van der Waals surface area contributed by atoms with Gasteiger partial charge in [0.15, 0.2) is 11.5 Å². The van der Waals surface area contributed by atoms with Crippen LogP contribution in [0.4, 0.5) is 13.2 Å². The molecule has 2 heterocycles. The molecule has 0 spiro atoms. The van der Waals surface area contributed by atoms with Crippen LogP contribution in [0, 0.1) is 0 Å². The molecule has 110 valence electrons. The van der Waals surface area contributed by atoms with Gasteiger partial charge in [0.25, 0.3) is 0 Å². The molecule has 1 aliphatic rings. The van der Waals surface area contributed by atoms with Crippen molar-refractivity contribution in [1.29, 1.82) is 0 Å². The number of hydrogen-bond acceptors (Lipinski definition) is 3. The number of thiocarbonyl (C=S) groups is 1. The number of nitrogens with zero attached hydrogens (tertiary/aromatic N) is 3. The molecule has 8 heteroatoms. The average molecular weight is 312 g/mol. The lowest BCUT2D eigenvalue weighted by Crippen LogP contribution is -2.17. The van der Waals surface area contributed by atoms with Crippen LogP contribution >= 0.6 is 12.2 Å². The number of hydrogen-bond donors (Lipinski definition) is 1. The van der Waals surface area contributed by atoms with Crippen molar-refractivity contribution in [2.75, 3.05) is 0 Å². The van der Waals surface area contributed by atoms with Gasteiger partial charge in [-0.2, -0.15) is 18.3 Å². The van der Waals surface area contributed by atoms with Gasteiger partial charge in [-0.1, -0.05) is 12.2 Å². The number of pyridine rings is 1. The highest BCUT2D eigenvalue weighted by molar-refractivity contribution is 7.80. The molecule has 0 atom stereocenters. The molecule has 0 saturated heterocycles. The molecule has 0 radical (unpaired) electrons. The molecular weight excluding hydrogens is 301 g/mol. The summed E-state index contributed by atoms with van der Waals surface area (Å²) in [5, 5.41) is 3.53. The molecule has 0 aromatic carbocycles. The second-order valence-corrected chi connectivity index (χ2v) is 5.27. The van der Waals surface area contributed by atoms with E-state index in [0.29, 0.717) is 5.56 Å². The van der Waals surface area contributed by atoms with E-state index >= 15 is 0 Å². The fourth-order valence-corrected chi connectivity index (χ4v) is 2.56. The summed E-state index contributed by atoms with van der Waals surface area (Å²) in [7, 11) is 0. The zero-order valence-corrected chi connectivity index (χ0v) is 11.6. The molecule has 21 heavy (non-hydrogen) atoms. The zero-order valence-electron chi connectivity index (χ0n) is 10.8. The third-order valence-corrected chi connectivity index (χ3v) is 3.61. The number of fused-ring (bicyclic) bond motifs is 1. The van der Waals surface area contributed by atoms with Crippen LogP contribution in [0.5, 0.6) is 0 Å². The maximum Gasteiger partial charge on any atom is 0.435 e. The Hall–Kier alpha value is -1.96. The van der Waals surface area contributed by atoms with Crippen molar-refractivity contribution in [3.63, 3.8) is 0 Å². The fourth-order valence-electron chi connectivity index (χ4n) is 2.41. The van der Waals surface area contributed by atoms with Crippen molar-refractivity contribution < 1.29 is 13.2 Å². The number of aromatic nitrogens is 3. The molecule has 0 aliphatic heterocycles. The second kappa shape index (κ2) is 4.80. The van der Waals surface area contributed by atoms with Gasteiger partial charge in [0, 0.05) is 11.9 Å². The molecule has 0 fully saturated rings. The van der Waals surface area contributed by atoms with Crippen LogP contribution < -0.4 is 5.73 Å². The lowest BCUT2D eigenvalue weighted by Gasteiger charge is -2.10. The largest absolute Gasteiger partial charge is 0.435 e. The SMILES string of the molecule is NC(=S)c1cc2c(nc1-n1ccc(C(F)(F)F)n1)CCC2. The highest BCUT2D eigenvalue weighted by atomic mass is 32.1. The van der Waals surface area contributed by atoms with Crippen LogP contribution in [-0.2, 0) is 19.0 Å².